The fourth-order valence-corrected chi connectivity index (χ4v) is 3.77. The summed E-state index contributed by atoms with van der Waals surface area (Å²) < 4.78 is 0. The molecule has 25 heavy (non-hydrogen) atoms. The molecule has 0 radical (unpaired) electrons. The average molecular weight is 360 g/mol. The number of amides is 2. The number of nitrogens with one attached hydrogen (secondary N) is 1. The van der Waals surface area contributed by atoms with Crippen LogP contribution in [0.3, 0.4) is 0 Å². The molecular formula is C19H22ClN3O2. The van der Waals surface area contributed by atoms with Gasteiger partial charge in [0.2, 0.25) is 5.91 Å². The van der Waals surface area contributed by atoms with Crippen molar-refractivity contribution in [2.45, 2.75) is 44.1 Å². The van der Waals surface area contributed by atoms with Crippen LogP contribution in [0, 0.1) is 18.3 Å². The molecule has 6 heteroatoms. The van der Waals surface area contributed by atoms with E-state index in [1.165, 1.54) is 17.7 Å². The summed E-state index contributed by atoms with van der Waals surface area (Å²) in [6.45, 7) is 0.886. The zero-order valence-corrected chi connectivity index (χ0v) is 14.8. The molecule has 0 aliphatic heterocycles. The molecule has 3 rings (SSSR count). The van der Waals surface area contributed by atoms with Crippen LogP contribution in [0.5, 0.6) is 0 Å². The third-order valence-electron chi connectivity index (χ3n) is 5.13. The lowest BCUT2D eigenvalue weighted by Gasteiger charge is -2.37. The zero-order chi connectivity index (χ0) is 18.0. The van der Waals surface area contributed by atoms with E-state index in [1.54, 1.807) is 12.1 Å². The summed E-state index contributed by atoms with van der Waals surface area (Å²) in [6, 6.07) is 5.26. The molecule has 0 saturated heterocycles. The zero-order valence-electron chi connectivity index (χ0n) is 14.1. The summed E-state index contributed by atoms with van der Waals surface area (Å²) >= 11 is 6.39. The van der Waals surface area contributed by atoms with Crippen molar-refractivity contribution >= 4 is 34.8 Å². The first-order valence-corrected chi connectivity index (χ1v) is 9.00. The van der Waals surface area contributed by atoms with Crippen molar-refractivity contribution in [2.24, 2.45) is 11.7 Å². The van der Waals surface area contributed by atoms with Crippen LogP contribution in [0.2, 0.25) is 5.02 Å². The number of carbonyl (C=O) groups is 2. The van der Waals surface area contributed by atoms with Crippen molar-refractivity contribution in [1.82, 2.24) is 0 Å². The second-order valence-corrected chi connectivity index (χ2v) is 7.28. The molecule has 2 aliphatic rings. The predicted octanol–water partition coefficient (Wildman–Crippen LogP) is 2.93. The minimum Gasteiger partial charge on any atom is -0.384 e. The highest BCUT2D eigenvalue weighted by molar-refractivity contribution is 6.33. The molecule has 2 saturated carbocycles. The van der Waals surface area contributed by atoms with Crippen LogP contribution in [0.15, 0.2) is 18.2 Å². The largest absolute Gasteiger partial charge is 0.384 e. The molecular weight excluding hydrogens is 338 g/mol. The van der Waals surface area contributed by atoms with Crippen LogP contribution in [0.25, 0.3) is 0 Å². The van der Waals surface area contributed by atoms with Gasteiger partial charge >= 0.3 is 5.91 Å². The molecule has 0 aromatic heterocycles. The van der Waals surface area contributed by atoms with E-state index in [2.05, 4.69) is 11.2 Å². The number of hydrogen-bond acceptors (Lipinski definition) is 3. The number of hydrogen-bond donors (Lipinski definition) is 2. The van der Waals surface area contributed by atoms with Crippen molar-refractivity contribution in [1.29, 1.82) is 0 Å². The molecule has 0 heterocycles. The molecule has 0 atom stereocenters. The summed E-state index contributed by atoms with van der Waals surface area (Å²) in [5, 5.41) is 3.81. The van der Waals surface area contributed by atoms with E-state index in [0.29, 0.717) is 29.5 Å². The van der Waals surface area contributed by atoms with E-state index in [-0.39, 0.29) is 0 Å². The summed E-state index contributed by atoms with van der Waals surface area (Å²) in [6.07, 6.45) is 10.5. The Bertz CT molecular complexity index is 731. The van der Waals surface area contributed by atoms with Gasteiger partial charge in [0, 0.05) is 12.2 Å². The number of benzene rings is 1. The Hall–Kier alpha value is -2.19. The molecule has 0 bridgehead atoms. The number of rotatable bonds is 6. The summed E-state index contributed by atoms with van der Waals surface area (Å²) in [4.78, 5) is 26.0. The van der Waals surface area contributed by atoms with Gasteiger partial charge in [-0.15, -0.1) is 6.42 Å². The maximum absolute atomic E-state index is 12.5. The number of primary amides is 1. The minimum absolute atomic E-state index is 0.491. The van der Waals surface area contributed by atoms with Crippen molar-refractivity contribution < 1.29 is 9.59 Å². The fraction of sp³-hybridized carbons (Fsp3) is 0.474. The van der Waals surface area contributed by atoms with E-state index in [4.69, 9.17) is 23.8 Å². The van der Waals surface area contributed by atoms with E-state index < -0.39 is 17.4 Å². The molecule has 2 fully saturated rings. The van der Waals surface area contributed by atoms with Gasteiger partial charge in [-0.25, -0.2) is 0 Å². The van der Waals surface area contributed by atoms with Crippen LogP contribution in [-0.4, -0.2) is 23.9 Å². The van der Waals surface area contributed by atoms with Crippen molar-refractivity contribution in [2.75, 3.05) is 16.8 Å². The molecule has 5 nitrogen and oxygen atoms in total. The Morgan fingerprint density at radius 2 is 2.04 bits per heavy atom. The Labute approximate surface area is 152 Å². The SMILES string of the molecule is C#CC(=O)N(c1ccc(NCC2CC2)c(Cl)c1)C1(C(N)=O)CCCC1. The first-order chi connectivity index (χ1) is 12.0. The van der Waals surface area contributed by atoms with Crippen molar-refractivity contribution in [3.8, 4) is 12.3 Å². The Morgan fingerprint density at radius 1 is 1.36 bits per heavy atom. The van der Waals surface area contributed by atoms with E-state index in [1.807, 2.05) is 6.07 Å². The van der Waals surface area contributed by atoms with Gasteiger partial charge in [0.1, 0.15) is 5.54 Å². The molecule has 2 amide bonds. The Kier molecular flexibility index (Phi) is 4.91. The normalized spacial score (nSPS) is 18.4. The molecule has 132 valence electrons. The third-order valence-corrected chi connectivity index (χ3v) is 5.45. The quantitative estimate of drug-likeness (QED) is 0.767. The highest BCUT2D eigenvalue weighted by atomic mass is 35.5. The maximum atomic E-state index is 12.5. The van der Waals surface area contributed by atoms with Crippen LogP contribution >= 0.6 is 11.6 Å². The van der Waals surface area contributed by atoms with Gasteiger partial charge in [0.05, 0.1) is 10.7 Å². The predicted molar refractivity (Wildman–Crippen MR) is 99.4 cm³/mol. The molecule has 3 N–H and O–H groups in total. The summed E-state index contributed by atoms with van der Waals surface area (Å²) in [7, 11) is 0. The van der Waals surface area contributed by atoms with Crippen LogP contribution in [0.1, 0.15) is 38.5 Å². The maximum Gasteiger partial charge on any atom is 0.303 e. The van der Waals surface area contributed by atoms with Crippen LogP contribution < -0.4 is 16.0 Å². The van der Waals surface area contributed by atoms with E-state index in [0.717, 1.165) is 25.1 Å². The first kappa shape index (κ1) is 17.6. The van der Waals surface area contributed by atoms with E-state index >= 15 is 0 Å². The lowest BCUT2D eigenvalue weighted by molar-refractivity contribution is -0.126. The molecule has 0 spiro atoms. The molecule has 0 unspecified atom stereocenters. The highest BCUT2D eigenvalue weighted by Gasteiger charge is 2.47. The number of halogens is 1. The Balaban J connectivity index is 1.93. The van der Waals surface area contributed by atoms with Gasteiger partial charge in [-0.2, -0.15) is 0 Å². The molecule has 1 aromatic rings. The molecule has 2 aliphatic carbocycles. The fourth-order valence-electron chi connectivity index (χ4n) is 3.53. The third kappa shape index (κ3) is 3.45. The monoisotopic (exact) mass is 359 g/mol. The van der Waals surface area contributed by atoms with Crippen molar-refractivity contribution in [3.63, 3.8) is 0 Å². The van der Waals surface area contributed by atoms with Crippen LogP contribution in [-0.2, 0) is 9.59 Å². The van der Waals surface area contributed by atoms with E-state index in [9.17, 15) is 9.59 Å². The lowest BCUT2D eigenvalue weighted by atomic mass is 9.93. The minimum atomic E-state index is -1.07. The van der Waals surface area contributed by atoms with Gasteiger partial charge < -0.3 is 11.1 Å². The van der Waals surface area contributed by atoms with Gasteiger partial charge in [-0.05, 0) is 55.7 Å². The lowest BCUT2D eigenvalue weighted by Crippen LogP contribution is -2.58. The standard InChI is InChI=1S/C19H22ClN3O2/c1-2-17(24)23(19(18(21)25)9-3-4-10-19)14-7-8-16(15(20)11-14)22-12-13-5-6-13/h1,7-8,11,13,22H,3-6,9-10,12H2,(H2,21,25). The number of nitrogens with zero attached hydrogens (tertiary/aromatic N) is 1. The number of nitrogens with two attached hydrogens (primary N) is 1. The smallest absolute Gasteiger partial charge is 0.303 e. The van der Waals surface area contributed by atoms with Gasteiger partial charge in [-0.1, -0.05) is 24.4 Å². The molecule has 1 aromatic carbocycles. The second-order valence-electron chi connectivity index (χ2n) is 6.88. The highest BCUT2D eigenvalue weighted by Crippen LogP contribution is 2.40. The number of terminal acetylenes is 1. The summed E-state index contributed by atoms with van der Waals surface area (Å²) in [5.41, 5.74) is 5.91. The van der Waals surface area contributed by atoms with Crippen molar-refractivity contribution in [3.05, 3.63) is 23.2 Å². The van der Waals surface area contributed by atoms with Gasteiger partial charge in [-0.3, -0.25) is 14.5 Å². The number of carbonyl (C=O) groups excluding carboxylic acids is 2. The summed E-state index contributed by atoms with van der Waals surface area (Å²) in [5.74, 6) is 1.74. The second kappa shape index (κ2) is 6.97. The Morgan fingerprint density at radius 3 is 2.56 bits per heavy atom. The average Bonchev–Trinajstić information content (AvgIpc) is 3.29. The number of anilines is 2. The topological polar surface area (TPSA) is 75.4 Å². The first-order valence-electron chi connectivity index (χ1n) is 8.62. The van der Waals surface area contributed by atoms with Crippen LogP contribution in [0.4, 0.5) is 11.4 Å². The van der Waals surface area contributed by atoms with Gasteiger partial charge in [0.25, 0.3) is 0 Å². The van der Waals surface area contributed by atoms with Gasteiger partial charge in [0.15, 0.2) is 0 Å².